The molecule has 64 valence electrons. The molecule has 0 aliphatic carbocycles. The fourth-order valence-electron chi connectivity index (χ4n) is 0.362. The van der Waals surface area contributed by atoms with Gasteiger partial charge in [-0.3, -0.25) is 0 Å². The van der Waals surface area contributed by atoms with Gasteiger partial charge >= 0.3 is 0 Å². The van der Waals surface area contributed by atoms with Crippen LogP contribution in [0.2, 0.25) is 0 Å². The third kappa shape index (κ3) is 44.5. The highest BCUT2D eigenvalue weighted by Crippen LogP contribution is 1.89. The summed E-state index contributed by atoms with van der Waals surface area (Å²) in [6.45, 7) is 5.92. The molecule has 0 amide bonds. The lowest BCUT2D eigenvalue weighted by molar-refractivity contribution is 0.216. The van der Waals surface area contributed by atoms with Crippen molar-refractivity contribution < 1.29 is 10.2 Å². The Labute approximate surface area is 63.9 Å². The van der Waals surface area contributed by atoms with Gasteiger partial charge in [0.25, 0.3) is 0 Å². The zero-order valence-corrected chi connectivity index (χ0v) is 7.30. The van der Waals surface area contributed by atoms with Crippen molar-refractivity contribution in [3.63, 3.8) is 0 Å². The van der Waals surface area contributed by atoms with Crippen LogP contribution in [0.15, 0.2) is 0 Å². The molecule has 0 aromatic heterocycles. The van der Waals surface area contributed by atoms with Crippen LogP contribution in [-0.2, 0) is 0 Å². The quantitative estimate of drug-likeness (QED) is 0.596. The number of hydrogen-bond acceptors (Lipinski definition) is 2. The Hall–Kier alpha value is -0.0800. The third-order valence-corrected chi connectivity index (χ3v) is 0.762. The lowest BCUT2D eigenvalue weighted by Gasteiger charge is -1.85. The van der Waals surface area contributed by atoms with Crippen LogP contribution >= 0.6 is 0 Å². The summed E-state index contributed by atoms with van der Waals surface area (Å²) in [6, 6.07) is 0. The number of rotatable bonds is 3. The fraction of sp³-hybridized carbons (Fsp3) is 1.00. The maximum Gasteiger partial charge on any atom is 0.0483 e. The van der Waals surface area contributed by atoms with E-state index in [1.807, 2.05) is 0 Å². The molecule has 0 radical (unpaired) electrons. The standard InChI is InChI=1S/C5H12O.C3H8O/c1-2-3-4-5-6;1-3(2)4/h6H,2-5H2,1H3;3-4H,1-2H3. The molecule has 2 N–H and O–H groups in total. The molecule has 0 aliphatic rings. The highest BCUT2D eigenvalue weighted by Gasteiger charge is 1.76. The Kier molecular flexibility index (Phi) is 14.7. The number of aliphatic hydroxyl groups is 2. The molecule has 0 bridgehead atoms. The summed E-state index contributed by atoms with van der Waals surface area (Å²) in [5.41, 5.74) is 0. The molecule has 0 rings (SSSR count). The highest BCUT2D eigenvalue weighted by molar-refractivity contribution is 4.30. The van der Waals surface area contributed by atoms with Crippen LogP contribution in [0.25, 0.3) is 0 Å². The third-order valence-electron chi connectivity index (χ3n) is 0.762. The average Bonchev–Trinajstić information content (AvgIpc) is 1.82. The van der Waals surface area contributed by atoms with Crippen molar-refractivity contribution in [2.24, 2.45) is 0 Å². The monoisotopic (exact) mass is 148 g/mol. The second-order valence-corrected chi connectivity index (χ2v) is 2.52. The minimum absolute atomic E-state index is 0.167. The van der Waals surface area contributed by atoms with Gasteiger partial charge in [-0.1, -0.05) is 19.8 Å². The van der Waals surface area contributed by atoms with Crippen molar-refractivity contribution in [3.05, 3.63) is 0 Å². The molecule has 0 heterocycles. The maximum absolute atomic E-state index is 8.20. The first-order valence-electron chi connectivity index (χ1n) is 3.94. The lowest BCUT2D eigenvalue weighted by Crippen LogP contribution is -1.85. The molecule has 10 heavy (non-hydrogen) atoms. The van der Waals surface area contributed by atoms with E-state index in [9.17, 15) is 0 Å². The summed E-state index contributed by atoms with van der Waals surface area (Å²) in [5.74, 6) is 0. The molecule has 0 aromatic carbocycles. The van der Waals surface area contributed by atoms with Crippen LogP contribution in [0.5, 0.6) is 0 Å². The van der Waals surface area contributed by atoms with Gasteiger partial charge in [-0.05, 0) is 20.3 Å². The summed E-state index contributed by atoms with van der Waals surface area (Å²) in [5, 5.41) is 16.3. The van der Waals surface area contributed by atoms with Gasteiger partial charge < -0.3 is 10.2 Å². The molecule has 0 fully saturated rings. The van der Waals surface area contributed by atoms with Crippen molar-refractivity contribution in [3.8, 4) is 0 Å². The van der Waals surface area contributed by atoms with Gasteiger partial charge in [0.2, 0.25) is 0 Å². The average molecular weight is 148 g/mol. The van der Waals surface area contributed by atoms with E-state index in [2.05, 4.69) is 6.92 Å². The van der Waals surface area contributed by atoms with Crippen molar-refractivity contribution in [2.75, 3.05) is 6.61 Å². The molecule has 0 saturated heterocycles. The molecule has 0 spiro atoms. The van der Waals surface area contributed by atoms with Crippen molar-refractivity contribution in [2.45, 2.75) is 46.1 Å². The predicted molar refractivity (Wildman–Crippen MR) is 44.0 cm³/mol. The summed E-state index contributed by atoms with van der Waals surface area (Å²) >= 11 is 0. The molecule has 2 nitrogen and oxygen atoms in total. The van der Waals surface area contributed by atoms with Crippen LogP contribution in [0.3, 0.4) is 0 Å². The number of unbranched alkanes of at least 4 members (excludes halogenated alkanes) is 2. The molecule has 0 atom stereocenters. The van der Waals surface area contributed by atoms with Crippen molar-refractivity contribution in [1.29, 1.82) is 0 Å². The van der Waals surface area contributed by atoms with E-state index in [1.54, 1.807) is 13.8 Å². The molecule has 0 saturated carbocycles. The van der Waals surface area contributed by atoms with Gasteiger partial charge in [-0.15, -0.1) is 0 Å². The largest absolute Gasteiger partial charge is 0.396 e. The summed E-state index contributed by atoms with van der Waals surface area (Å²) in [6.07, 6.45) is 3.16. The fourth-order valence-corrected chi connectivity index (χ4v) is 0.362. The Bertz CT molecular complexity index is 37.8. The van der Waals surface area contributed by atoms with E-state index in [4.69, 9.17) is 10.2 Å². The summed E-state index contributed by atoms with van der Waals surface area (Å²) in [7, 11) is 0. The minimum atomic E-state index is -0.167. The molecule has 0 aromatic rings. The van der Waals surface area contributed by atoms with E-state index >= 15 is 0 Å². The molecular formula is C8H20O2. The summed E-state index contributed by atoms with van der Waals surface area (Å²) < 4.78 is 0. The lowest BCUT2D eigenvalue weighted by atomic mass is 10.3. The predicted octanol–water partition coefficient (Wildman–Crippen LogP) is 1.56. The van der Waals surface area contributed by atoms with E-state index < -0.39 is 0 Å². The van der Waals surface area contributed by atoms with Gasteiger partial charge in [-0.25, -0.2) is 0 Å². The Morgan fingerprint density at radius 2 is 1.60 bits per heavy atom. The van der Waals surface area contributed by atoms with E-state index in [-0.39, 0.29) is 6.10 Å². The van der Waals surface area contributed by atoms with Gasteiger partial charge in [0.05, 0.1) is 0 Å². The van der Waals surface area contributed by atoms with Gasteiger partial charge in [0, 0.05) is 12.7 Å². The Morgan fingerprint density at radius 3 is 1.70 bits per heavy atom. The topological polar surface area (TPSA) is 40.5 Å². The zero-order valence-electron chi connectivity index (χ0n) is 7.30. The zero-order chi connectivity index (χ0) is 8.41. The number of aliphatic hydroxyl groups excluding tert-OH is 2. The second kappa shape index (κ2) is 11.7. The Morgan fingerprint density at radius 1 is 1.20 bits per heavy atom. The molecule has 2 heteroatoms. The molecule has 0 aliphatic heterocycles. The molecular weight excluding hydrogens is 128 g/mol. The number of hydrogen-bond donors (Lipinski definition) is 2. The first kappa shape index (κ1) is 12.6. The second-order valence-electron chi connectivity index (χ2n) is 2.52. The van der Waals surface area contributed by atoms with Crippen LogP contribution in [0, 0.1) is 0 Å². The van der Waals surface area contributed by atoms with Crippen LogP contribution < -0.4 is 0 Å². The summed E-state index contributed by atoms with van der Waals surface area (Å²) in [4.78, 5) is 0. The first-order chi connectivity index (χ1) is 4.65. The van der Waals surface area contributed by atoms with Crippen molar-refractivity contribution in [1.82, 2.24) is 0 Å². The highest BCUT2D eigenvalue weighted by atomic mass is 16.3. The minimum Gasteiger partial charge on any atom is -0.396 e. The SMILES string of the molecule is CC(C)O.CCCCCO. The Balaban J connectivity index is 0. The van der Waals surface area contributed by atoms with E-state index in [1.165, 1.54) is 6.42 Å². The van der Waals surface area contributed by atoms with Crippen LogP contribution in [0.1, 0.15) is 40.0 Å². The van der Waals surface area contributed by atoms with Gasteiger partial charge in [-0.2, -0.15) is 0 Å². The maximum atomic E-state index is 8.20. The van der Waals surface area contributed by atoms with Crippen LogP contribution in [-0.4, -0.2) is 22.9 Å². The first-order valence-corrected chi connectivity index (χ1v) is 3.94. The van der Waals surface area contributed by atoms with Crippen LogP contribution in [0.4, 0.5) is 0 Å². The van der Waals surface area contributed by atoms with E-state index in [0.717, 1.165) is 12.8 Å². The molecule has 0 unspecified atom stereocenters. The van der Waals surface area contributed by atoms with E-state index in [0.29, 0.717) is 6.61 Å². The normalized spacial score (nSPS) is 9.00. The smallest absolute Gasteiger partial charge is 0.0483 e. The van der Waals surface area contributed by atoms with Crippen molar-refractivity contribution >= 4 is 0 Å². The van der Waals surface area contributed by atoms with Gasteiger partial charge in [0.1, 0.15) is 0 Å². The van der Waals surface area contributed by atoms with Gasteiger partial charge in [0.15, 0.2) is 0 Å².